The first-order chi connectivity index (χ1) is 14.1. The highest BCUT2D eigenvalue weighted by Gasteiger charge is 2.22. The molecule has 0 aliphatic carbocycles. The number of nitrogens with zero attached hydrogens (tertiary/aromatic N) is 1. The Hall–Kier alpha value is -2.08. The van der Waals surface area contributed by atoms with Gasteiger partial charge in [0.2, 0.25) is 0 Å². The van der Waals surface area contributed by atoms with E-state index in [9.17, 15) is 0 Å². The molecule has 0 aromatic heterocycles. The van der Waals surface area contributed by atoms with Crippen molar-refractivity contribution in [2.75, 3.05) is 38.2 Å². The van der Waals surface area contributed by atoms with Crippen LogP contribution < -0.4 is 24.4 Å². The molecule has 0 spiro atoms. The molecule has 0 radical (unpaired) electrons. The van der Waals surface area contributed by atoms with Gasteiger partial charge in [0.25, 0.3) is 0 Å². The molecular weight excluding hydrogens is 411 g/mol. The Labute approximate surface area is 181 Å². The van der Waals surface area contributed by atoms with Crippen molar-refractivity contribution in [3.8, 4) is 17.2 Å². The molecule has 1 N–H and O–H groups in total. The molecule has 154 valence electrons. The summed E-state index contributed by atoms with van der Waals surface area (Å²) in [5.41, 5.74) is 1.18. The smallest absolute Gasteiger partial charge is 0.171 e. The van der Waals surface area contributed by atoms with Crippen molar-refractivity contribution in [2.45, 2.75) is 12.8 Å². The Morgan fingerprint density at radius 3 is 2.59 bits per heavy atom. The maximum absolute atomic E-state index is 6.06. The second kappa shape index (κ2) is 9.16. The molecule has 2 heterocycles. The lowest BCUT2D eigenvalue weighted by Crippen LogP contribution is -2.38. The van der Waals surface area contributed by atoms with E-state index in [1.165, 1.54) is 5.69 Å². The largest absolute Gasteiger partial charge is 0.495 e. The van der Waals surface area contributed by atoms with Gasteiger partial charge in [-0.2, -0.15) is 0 Å². The zero-order valence-corrected chi connectivity index (χ0v) is 17.8. The van der Waals surface area contributed by atoms with Gasteiger partial charge in [-0.1, -0.05) is 35.3 Å². The molecule has 2 aromatic rings. The molecule has 5 nitrogen and oxygen atoms in total. The highest BCUT2D eigenvalue weighted by molar-refractivity contribution is 6.42. The Morgan fingerprint density at radius 1 is 1.10 bits per heavy atom. The fraction of sp³-hybridized carbons (Fsp3) is 0.364. The molecule has 7 heteroatoms. The number of fused-ring (bicyclic) bond motifs is 1. The number of benzene rings is 2. The van der Waals surface area contributed by atoms with Crippen LogP contribution in [0.1, 0.15) is 12.8 Å². The van der Waals surface area contributed by atoms with Crippen LogP contribution in [0.15, 0.2) is 48.4 Å². The molecule has 2 aromatic carbocycles. The van der Waals surface area contributed by atoms with Gasteiger partial charge in [-0.25, -0.2) is 0 Å². The van der Waals surface area contributed by atoms with Gasteiger partial charge >= 0.3 is 0 Å². The van der Waals surface area contributed by atoms with Crippen LogP contribution in [0.3, 0.4) is 0 Å². The number of methoxy groups -OCH3 is 1. The van der Waals surface area contributed by atoms with Crippen molar-refractivity contribution >= 4 is 28.9 Å². The van der Waals surface area contributed by atoms with E-state index in [0.717, 1.165) is 44.0 Å². The van der Waals surface area contributed by atoms with Crippen LogP contribution in [-0.4, -0.2) is 33.3 Å². The van der Waals surface area contributed by atoms with E-state index in [-0.39, 0.29) is 0 Å². The first kappa shape index (κ1) is 20.2. The second-order valence-corrected chi connectivity index (χ2v) is 8.06. The molecular formula is C22H24Cl2N2O3. The Balaban J connectivity index is 1.23. The summed E-state index contributed by atoms with van der Waals surface area (Å²) in [5, 5.41) is 4.38. The fourth-order valence-electron chi connectivity index (χ4n) is 3.72. The van der Waals surface area contributed by atoms with E-state index in [1.807, 2.05) is 12.1 Å². The summed E-state index contributed by atoms with van der Waals surface area (Å²) in [6, 6.07) is 11.6. The maximum Gasteiger partial charge on any atom is 0.171 e. The number of halogens is 2. The van der Waals surface area contributed by atoms with Gasteiger partial charge < -0.3 is 24.4 Å². The SMILES string of the molecule is COc1ccccc1N1CCC(CNCC2=COc3cc(Cl)c(Cl)cc3O2)CC1. The number of piperidine rings is 1. The minimum atomic E-state index is 0.448. The number of rotatable bonds is 6. The van der Waals surface area contributed by atoms with Crippen LogP contribution in [0.25, 0.3) is 0 Å². The Morgan fingerprint density at radius 2 is 1.83 bits per heavy atom. The molecule has 29 heavy (non-hydrogen) atoms. The normalized spacial score (nSPS) is 16.5. The Kier molecular flexibility index (Phi) is 6.38. The van der Waals surface area contributed by atoms with Crippen molar-refractivity contribution in [3.63, 3.8) is 0 Å². The van der Waals surface area contributed by atoms with Gasteiger partial charge in [0.15, 0.2) is 17.3 Å². The molecule has 2 aliphatic rings. The van der Waals surface area contributed by atoms with Crippen molar-refractivity contribution in [3.05, 3.63) is 58.5 Å². The van der Waals surface area contributed by atoms with E-state index in [4.69, 9.17) is 37.4 Å². The number of hydrogen-bond acceptors (Lipinski definition) is 5. The number of anilines is 1. The number of ether oxygens (including phenoxy) is 3. The first-order valence-electron chi connectivity index (χ1n) is 9.75. The molecule has 0 unspecified atom stereocenters. The third kappa shape index (κ3) is 4.74. The van der Waals surface area contributed by atoms with E-state index in [1.54, 1.807) is 25.5 Å². The lowest BCUT2D eigenvalue weighted by molar-refractivity contribution is 0.307. The van der Waals surface area contributed by atoms with E-state index in [0.29, 0.717) is 34.0 Å². The number of para-hydroxylation sites is 2. The summed E-state index contributed by atoms with van der Waals surface area (Å²) in [6.07, 6.45) is 3.89. The molecule has 1 fully saturated rings. The molecule has 0 atom stereocenters. The molecule has 0 amide bonds. The van der Waals surface area contributed by atoms with Crippen LogP contribution in [0.4, 0.5) is 5.69 Å². The first-order valence-corrected chi connectivity index (χ1v) is 10.5. The van der Waals surface area contributed by atoms with Crippen molar-refractivity contribution in [1.29, 1.82) is 0 Å². The molecule has 0 bridgehead atoms. The van der Waals surface area contributed by atoms with Crippen LogP contribution in [-0.2, 0) is 0 Å². The lowest BCUT2D eigenvalue weighted by atomic mass is 9.96. The number of hydrogen-bond donors (Lipinski definition) is 1. The summed E-state index contributed by atoms with van der Waals surface area (Å²) < 4.78 is 17.0. The van der Waals surface area contributed by atoms with Crippen LogP contribution >= 0.6 is 23.2 Å². The van der Waals surface area contributed by atoms with E-state index >= 15 is 0 Å². The van der Waals surface area contributed by atoms with Crippen LogP contribution in [0.5, 0.6) is 17.2 Å². The van der Waals surface area contributed by atoms with Crippen LogP contribution in [0, 0.1) is 5.92 Å². The third-order valence-corrected chi connectivity index (χ3v) is 6.04. The van der Waals surface area contributed by atoms with E-state index < -0.39 is 0 Å². The van der Waals surface area contributed by atoms with Gasteiger partial charge in [-0.15, -0.1) is 0 Å². The highest BCUT2D eigenvalue weighted by Crippen LogP contribution is 2.39. The summed E-state index contributed by atoms with van der Waals surface area (Å²) >= 11 is 12.1. The molecule has 0 saturated carbocycles. The predicted molar refractivity (Wildman–Crippen MR) is 117 cm³/mol. The molecule has 2 aliphatic heterocycles. The quantitative estimate of drug-likeness (QED) is 0.682. The van der Waals surface area contributed by atoms with Gasteiger partial charge in [0, 0.05) is 25.2 Å². The zero-order chi connectivity index (χ0) is 20.2. The lowest BCUT2D eigenvalue weighted by Gasteiger charge is -2.34. The molecule has 4 rings (SSSR count). The van der Waals surface area contributed by atoms with Gasteiger partial charge in [-0.3, -0.25) is 0 Å². The average molecular weight is 435 g/mol. The van der Waals surface area contributed by atoms with Gasteiger partial charge in [-0.05, 0) is 37.4 Å². The fourth-order valence-corrected chi connectivity index (χ4v) is 4.03. The summed E-state index contributed by atoms with van der Waals surface area (Å²) in [6.45, 7) is 3.60. The minimum absolute atomic E-state index is 0.448. The summed E-state index contributed by atoms with van der Waals surface area (Å²) in [5.74, 6) is 3.46. The van der Waals surface area contributed by atoms with Crippen molar-refractivity contribution in [2.24, 2.45) is 5.92 Å². The summed E-state index contributed by atoms with van der Waals surface area (Å²) in [7, 11) is 1.72. The highest BCUT2D eigenvalue weighted by atomic mass is 35.5. The summed E-state index contributed by atoms with van der Waals surface area (Å²) in [4.78, 5) is 2.40. The standard InChI is InChI=1S/C22H24Cl2N2O3/c1-27-20-5-3-2-4-19(20)26-8-6-15(7-9-26)12-25-13-16-14-28-21-10-17(23)18(24)11-22(21)29-16/h2-5,10-11,14-15,25H,6-9,12-13H2,1H3. The van der Waals surface area contributed by atoms with E-state index in [2.05, 4.69) is 22.3 Å². The van der Waals surface area contributed by atoms with Crippen LogP contribution in [0.2, 0.25) is 10.0 Å². The minimum Gasteiger partial charge on any atom is -0.495 e. The monoisotopic (exact) mass is 434 g/mol. The Bertz CT molecular complexity index is 896. The van der Waals surface area contributed by atoms with Crippen molar-refractivity contribution in [1.82, 2.24) is 5.32 Å². The zero-order valence-electron chi connectivity index (χ0n) is 16.3. The number of nitrogens with one attached hydrogen (secondary N) is 1. The van der Waals surface area contributed by atoms with Gasteiger partial charge in [0.1, 0.15) is 12.0 Å². The molecule has 1 saturated heterocycles. The second-order valence-electron chi connectivity index (χ2n) is 7.25. The third-order valence-electron chi connectivity index (χ3n) is 5.32. The maximum atomic E-state index is 6.06. The predicted octanol–water partition coefficient (Wildman–Crippen LogP) is 5.12. The topological polar surface area (TPSA) is 43.0 Å². The van der Waals surface area contributed by atoms with Crippen molar-refractivity contribution < 1.29 is 14.2 Å². The van der Waals surface area contributed by atoms with Gasteiger partial charge in [0.05, 0.1) is 29.4 Å². The average Bonchev–Trinajstić information content (AvgIpc) is 2.75.